The minimum Gasteiger partial charge on any atom is -0.520 e. The average molecular weight is 319 g/mol. The summed E-state index contributed by atoms with van der Waals surface area (Å²) in [6.45, 7) is 17.7. The van der Waals surface area contributed by atoms with E-state index in [2.05, 4.69) is 39.3 Å². The first kappa shape index (κ1) is 19.1. The first-order valence-corrected chi connectivity index (χ1v) is 13.9. The molecule has 0 saturated carbocycles. The highest BCUT2D eigenvalue weighted by Gasteiger charge is 2.20. The fraction of sp³-hybridized carbons (Fsp3) is 0.714. The predicted molar refractivity (Wildman–Crippen MR) is 88.3 cm³/mol. The van der Waals surface area contributed by atoms with Crippen molar-refractivity contribution in [3.8, 4) is 0 Å². The van der Waals surface area contributed by atoms with Crippen molar-refractivity contribution >= 4 is 16.6 Å². The van der Waals surface area contributed by atoms with Gasteiger partial charge in [-0.3, -0.25) is 0 Å². The molecule has 0 aliphatic heterocycles. The molecule has 0 aromatic carbocycles. The highest BCUT2D eigenvalue weighted by molar-refractivity contribution is 6.70. The summed E-state index contributed by atoms with van der Waals surface area (Å²) >= 11 is 0. The second-order valence-corrected chi connectivity index (χ2v) is 15.1. The lowest BCUT2D eigenvalue weighted by atomic mass is 10.5. The maximum Gasteiger partial charge on any atom is 0.265 e. The summed E-state index contributed by atoms with van der Waals surface area (Å²) in [5, 5.41) is 0. The van der Waals surface area contributed by atoms with E-state index in [4.69, 9.17) is 18.3 Å². The van der Waals surface area contributed by atoms with Crippen LogP contribution in [-0.4, -0.2) is 29.8 Å². The third-order valence-electron chi connectivity index (χ3n) is 1.74. The van der Waals surface area contributed by atoms with E-state index in [9.17, 15) is 0 Å². The van der Waals surface area contributed by atoms with Crippen molar-refractivity contribution in [2.24, 2.45) is 0 Å². The van der Waals surface area contributed by atoms with Crippen molar-refractivity contribution in [3.05, 3.63) is 24.0 Å². The molecule has 4 nitrogen and oxygen atoms in total. The minimum absolute atomic E-state index is 0.531. The molecule has 6 heteroatoms. The molecule has 0 radical (unpaired) electrons. The van der Waals surface area contributed by atoms with Crippen molar-refractivity contribution in [3.63, 3.8) is 0 Å². The Bertz CT molecular complexity index is 304. The SMILES string of the molecule is CCO/C(=C/C=C(/OCC)O[Si](C)(C)C)O[Si](C)(C)C. The summed E-state index contributed by atoms with van der Waals surface area (Å²) < 4.78 is 22.8. The molecule has 0 unspecified atom stereocenters. The van der Waals surface area contributed by atoms with E-state index in [1.165, 1.54) is 0 Å². The lowest BCUT2D eigenvalue weighted by Gasteiger charge is -2.22. The smallest absolute Gasteiger partial charge is 0.265 e. The zero-order valence-corrected chi connectivity index (χ0v) is 16.2. The van der Waals surface area contributed by atoms with Gasteiger partial charge in [0.05, 0.1) is 13.2 Å². The molecule has 0 aliphatic rings. The van der Waals surface area contributed by atoms with Gasteiger partial charge in [0.1, 0.15) is 0 Å². The largest absolute Gasteiger partial charge is 0.520 e. The van der Waals surface area contributed by atoms with Crippen LogP contribution in [0.5, 0.6) is 0 Å². The molecular weight excluding hydrogens is 288 g/mol. The molecule has 0 atom stereocenters. The maximum atomic E-state index is 5.87. The highest BCUT2D eigenvalue weighted by atomic mass is 28.4. The summed E-state index contributed by atoms with van der Waals surface area (Å²) in [6, 6.07) is 0. The normalized spacial score (nSPS) is 14.0. The number of hydrogen-bond acceptors (Lipinski definition) is 4. The van der Waals surface area contributed by atoms with E-state index in [0.29, 0.717) is 25.1 Å². The summed E-state index contributed by atoms with van der Waals surface area (Å²) in [6.07, 6.45) is 3.57. The topological polar surface area (TPSA) is 36.9 Å². The number of hydrogen-bond donors (Lipinski definition) is 0. The molecular formula is C14H30O4Si2. The van der Waals surface area contributed by atoms with Crippen LogP contribution in [-0.2, 0) is 18.3 Å². The van der Waals surface area contributed by atoms with Gasteiger partial charge in [-0.1, -0.05) is 0 Å². The fourth-order valence-electron chi connectivity index (χ4n) is 1.25. The van der Waals surface area contributed by atoms with Gasteiger partial charge >= 0.3 is 0 Å². The van der Waals surface area contributed by atoms with Gasteiger partial charge in [0.2, 0.25) is 16.6 Å². The molecule has 0 N–H and O–H groups in total. The molecule has 0 bridgehead atoms. The van der Waals surface area contributed by atoms with Crippen molar-refractivity contribution in [2.45, 2.75) is 53.1 Å². The van der Waals surface area contributed by atoms with Crippen LogP contribution in [0, 0.1) is 0 Å². The highest BCUT2D eigenvalue weighted by Crippen LogP contribution is 2.15. The van der Waals surface area contributed by atoms with Gasteiger partial charge < -0.3 is 18.3 Å². The maximum absolute atomic E-state index is 5.87. The summed E-state index contributed by atoms with van der Waals surface area (Å²) in [5.41, 5.74) is 0. The Morgan fingerprint density at radius 2 is 1.00 bits per heavy atom. The molecule has 0 aromatic rings. The Morgan fingerprint density at radius 3 is 1.20 bits per heavy atom. The fourth-order valence-corrected chi connectivity index (χ4v) is 2.71. The lowest BCUT2D eigenvalue weighted by molar-refractivity contribution is 0.106. The second-order valence-electron chi connectivity index (χ2n) is 6.27. The molecule has 0 aliphatic carbocycles. The average Bonchev–Trinajstić information content (AvgIpc) is 2.22. The predicted octanol–water partition coefficient (Wildman–Crippen LogP) is 4.45. The van der Waals surface area contributed by atoms with Gasteiger partial charge in [0, 0.05) is 12.2 Å². The molecule has 0 aromatic heterocycles. The number of allylic oxidation sites excluding steroid dienone is 2. The first-order valence-electron chi connectivity index (χ1n) is 7.13. The monoisotopic (exact) mass is 318 g/mol. The van der Waals surface area contributed by atoms with E-state index >= 15 is 0 Å². The van der Waals surface area contributed by atoms with E-state index in [1.54, 1.807) is 12.2 Å². The zero-order chi connectivity index (χ0) is 15.8. The quantitative estimate of drug-likeness (QED) is 0.358. The zero-order valence-electron chi connectivity index (χ0n) is 14.2. The Labute approximate surface area is 126 Å². The van der Waals surface area contributed by atoms with Crippen molar-refractivity contribution < 1.29 is 18.3 Å². The van der Waals surface area contributed by atoms with Crippen molar-refractivity contribution in [2.75, 3.05) is 13.2 Å². The van der Waals surface area contributed by atoms with Gasteiger partial charge in [0.25, 0.3) is 11.9 Å². The van der Waals surface area contributed by atoms with Crippen molar-refractivity contribution in [1.82, 2.24) is 0 Å². The standard InChI is InChI=1S/C14H30O4Si2/c1-9-15-13(17-19(3,4)5)11-12-14(16-10-2)18-20(6,7)8/h11-12H,9-10H2,1-8H3/b13-11-,14-12-. The molecule has 0 rings (SSSR count). The lowest BCUT2D eigenvalue weighted by Crippen LogP contribution is -2.26. The van der Waals surface area contributed by atoms with Crippen molar-refractivity contribution in [1.29, 1.82) is 0 Å². The molecule has 0 spiro atoms. The Balaban J connectivity index is 5.00. The molecule has 0 fully saturated rings. The second kappa shape index (κ2) is 8.41. The van der Waals surface area contributed by atoms with E-state index in [-0.39, 0.29) is 0 Å². The van der Waals surface area contributed by atoms with E-state index < -0.39 is 16.6 Å². The summed E-state index contributed by atoms with van der Waals surface area (Å²) in [4.78, 5) is 0. The van der Waals surface area contributed by atoms with Crippen LogP contribution < -0.4 is 0 Å². The van der Waals surface area contributed by atoms with Gasteiger partial charge in [-0.05, 0) is 53.1 Å². The van der Waals surface area contributed by atoms with E-state index in [1.807, 2.05) is 13.8 Å². The van der Waals surface area contributed by atoms with E-state index in [0.717, 1.165) is 0 Å². The van der Waals surface area contributed by atoms with Crippen LogP contribution in [0.2, 0.25) is 39.3 Å². The first-order chi connectivity index (χ1) is 9.07. The molecule has 118 valence electrons. The van der Waals surface area contributed by atoms with Gasteiger partial charge in [-0.2, -0.15) is 0 Å². The van der Waals surface area contributed by atoms with Crippen LogP contribution in [0.25, 0.3) is 0 Å². The number of rotatable bonds is 9. The van der Waals surface area contributed by atoms with Crippen LogP contribution in [0.1, 0.15) is 13.8 Å². The Kier molecular flexibility index (Phi) is 8.04. The minimum atomic E-state index is -1.69. The molecule has 20 heavy (non-hydrogen) atoms. The Morgan fingerprint density at radius 1 is 0.700 bits per heavy atom. The summed E-state index contributed by atoms with van der Waals surface area (Å²) in [7, 11) is -3.38. The van der Waals surface area contributed by atoms with Gasteiger partial charge in [-0.15, -0.1) is 0 Å². The molecule has 0 amide bonds. The summed E-state index contributed by atoms with van der Waals surface area (Å²) in [5.74, 6) is 1.06. The van der Waals surface area contributed by atoms with Crippen LogP contribution in [0.4, 0.5) is 0 Å². The van der Waals surface area contributed by atoms with Crippen LogP contribution in [0.15, 0.2) is 24.0 Å². The Hall–Kier alpha value is -0.886. The molecule has 0 saturated heterocycles. The van der Waals surface area contributed by atoms with Gasteiger partial charge in [0.15, 0.2) is 0 Å². The van der Waals surface area contributed by atoms with Gasteiger partial charge in [-0.25, -0.2) is 0 Å². The third-order valence-corrected chi connectivity index (χ3v) is 3.37. The van der Waals surface area contributed by atoms with Crippen LogP contribution >= 0.6 is 0 Å². The van der Waals surface area contributed by atoms with Crippen LogP contribution in [0.3, 0.4) is 0 Å². The molecule has 0 heterocycles. The number of ether oxygens (including phenoxy) is 2. The third kappa shape index (κ3) is 11.0.